The summed E-state index contributed by atoms with van der Waals surface area (Å²) in [7, 11) is 0. The van der Waals surface area contributed by atoms with E-state index in [1.165, 1.54) is 141 Å². The number of rotatable bonds is 23. The van der Waals surface area contributed by atoms with Crippen molar-refractivity contribution in [3.63, 3.8) is 0 Å². The molecule has 0 heteroatoms. The van der Waals surface area contributed by atoms with Crippen LogP contribution in [0, 0.1) is 5.92 Å². The quantitative estimate of drug-likeness (QED) is 0.120. The molecule has 0 spiro atoms. The first-order chi connectivity index (χ1) is 13.8. The Kier molecular flexibility index (Phi) is 24.5. The predicted octanol–water partition coefficient (Wildman–Crippen LogP) is 10.8. The monoisotopic (exact) mass is 392 g/mol. The molecule has 0 aliphatic rings. The van der Waals surface area contributed by atoms with Crippen LogP contribution in [-0.2, 0) is 0 Å². The smallest absolute Gasteiger partial charge is 0.0351 e. The minimum atomic E-state index is 1.02. The molecule has 0 amide bonds. The van der Waals surface area contributed by atoms with Crippen LogP contribution < -0.4 is 0 Å². The summed E-state index contributed by atoms with van der Waals surface area (Å²) in [5.74, 6) is 1.02. The average Bonchev–Trinajstić information content (AvgIpc) is 2.70. The van der Waals surface area contributed by atoms with Crippen molar-refractivity contribution >= 4 is 0 Å². The fourth-order valence-electron chi connectivity index (χ4n) is 4.46. The molecule has 0 rings (SSSR count). The summed E-state index contributed by atoms with van der Waals surface area (Å²) in [6.45, 7) is 6.98. The fourth-order valence-corrected chi connectivity index (χ4v) is 4.46. The molecule has 0 aliphatic carbocycles. The maximum atomic E-state index is 2.45. The van der Waals surface area contributed by atoms with E-state index in [1.807, 2.05) is 0 Å². The molecule has 0 saturated carbocycles. The summed E-state index contributed by atoms with van der Waals surface area (Å²) in [4.78, 5) is 0. The van der Waals surface area contributed by atoms with Gasteiger partial charge in [-0.25, -0.2) is 0 Å². The lowest BCUT2D eigenvalue weighted by atomic mass is 9.92. The molecule has 0 radical (unpaired) electrons. The molecule has 0 nitrogen and oxygen atoms in total. The van der Waals surface area contributed by atoms with Crippen molar-refractivity contribution in [2.45, 2.75) is 162 Å². The second-order valence-corrected chi connectivity index (χ2v) is 9.23. The van der Waals surface area contributed by atoms with E-state index >= 15 is 0 Å². The molecule has 0 bridgehead atoms. The zero-order chi connectivity index (χ0) is 20.5. The van der Waals surface area contributed by atoms with Gasteiger partial charge in [-0.05, 0) is 31.6 Å². The highest BCUT2D eigenvalue weighted by Crippen LogP contribution is 2.21. The van der Waals surface area contributed by atoms with Crippen LogP contribution in [0.2, 0.25) is 0 Å². The SMILES string of the molecule is CCCCCCCCCCC=CCCCCCCCCCC(CCC)CCC. The van der Waals surface area contributed by atoms with Crippen molar-refractivity contribution in [2.24, 2.45) is 5.92 Å². The third kappa shape index (κ3) is 22.0. The van der Waals surface area contributed by atoms with Crippen LogP contribution in [0.1, 0.15) is 162 Å². The minimum absolute atomic E-state index is 1.02. The van der Waals surface area contributed by atoms with Gasteiger partial charge in [0.1, 0.15) is 0 Å². The molecular formula is C28H56. The molecule has 28 heavy (non-hydrogen) atoms. The van der Waals surface area contributed by atoms with E-state index in [2.05, 4.69) is 32.9 Å². The summed E-state index contributed by atoms with van der Waals surface area (Å²) < 4.78 is 0. The highest BCUT2D eigenvalue weighted by atomic mass is 14.1. The molecule has 0 heterocycles. The van der Waals surface area contributed by atoms with E-state index in [4.69, 9.17) is 0 Å². The largest absolute Gasteiger partial charge is 0.0885 e. The van der Waals surface area contributed by atoms with Gasteiger partial charge in [-0.3, -0.25) is 0 Å². The number of allylic oxidation sites excluding steroid dienone is 2. The molecule has 0 aromatic rings. The Hall–Kier alpha value is -0.260. The number of unbranched alkanes of at least 4 members (excludes halogenated alkanes) is 15. The normalized spacial score (nSPS) is 11.9. The summed E-state index contributed by atoms with van der Waals surface area (Å²) in [5.41, 5.74) is 0. The maximum absolute atomic E-state index is 2.45. The highest BCUT2D eigenvalue weighted by Gasteiger charge is 2.05. The molecule has 0 saturated heterocycles. The third-order valence-electron chi connectivity index (χ3n) is 6.27. The van der Waals surface area contributed by atoms with Crippen molar-refractivity contribution in [1.29, 1.82) is 0 Å². The van der Waals surface area contributed by atoms with Crippen molar-refractivity contribution in [3.05, 3.63) is 12.2 Å². The average molecular weight is 393 g/mol. The molecule has 0 aromatic carbocycles. The topological polar surface area (TPSA) is 0 Å². The Balaban J connectivity index is 3.21. The van der Waals surface area contributed by atoms with Crippen LogP contribution in [0.4, 0.5) is 0 Å². The Morgan fingerprint density at radius 2 is 0.786 bits per heavy atom. The van der Waals surface area contributed by atoms with Gasteiger partial charge in [0.15, 0.2) is 0 Å². The molecular weight excluding hydrogens is 336 g/mol. The Bertz CT molecular complexity index is 284. The first kappa shape index (κ1) is 27.7. The Morgan fingerprint density at radius 3 is 1.21 bits per heavy atom. The van der Waals surface area contributed by atoms with E-state index < -0.39 is 0 Å². The maximum Gasteiger partial charge on any atom is -0.0351 e. The second-order valence-electron chi connectivity index (χ2n) is 9.23. The lowest BCUT2D eigenvalue weighted by molar-refractivity contribution is 0.390. The van der Waals surface area contributed by atoms with Gasteiger partial charge in [0.05, 0.1) is 0 Å². The van der Waals surface area contributed by atoms with Gasteiger partial charge >= 0.3 is 0 Å². The standard InChI is InChI=1S/C28H56/c1-4-7-8-9-10-11-12-13-14-15-16-17-18-19-20-21-22-23-24-27-28(25-5-2)26-6-3/h15-16,28H,4-14,17-27H2,1-3H3. The zero-order valence-corrected chi connectivity index (χ0v) is 20.3. The third-order valence-corrected chi connectivity index (χ3v) is 6.27. The molecule has 0 aromatic heterocycles. The van der Waals surface area contributed by atoms with Crippen LogP contribution in [0.3, 0.4) is 0 Å². The van der Waals surface area contributed by atoms with Gasteiger partial charge in [-0.1, -0.05) is 148 Å². The summed E-state index contributed by atoms with van der Waals surface area (Å²) >= 11 is 0. The van der Waals surface area contributed by atoms with Gasteiger partial charge in [0, 0.05) is 0 Å². The fraction of sp³-hybridized carbons (Fsp3) is 0.929. The van der Waals surface area contributed by atoms with Crippen LogP contribution in [-0.4, -0.2) is 0 Å². The van der Waals surface area contributed by atoms with E-state index in [0.717, 1.165) is 5.92 Å². The zero-order valence-electron chi connectivity index (χ0n) is 20.3. The van der Waals surface area contributed by atoms with Gasteiger partial charge < -0.3 is 0 Å². The molecule has 0 atom stereocenters. The van der Waals surface area contributed by atoms with Crippen molar-refractivity contribution in [1.82, 2.24) is 0 Å². The van der Waals surface area contributed by atoms with Crippen molar-refractivity contribution in [2.75, 3.05) is 0 Å². The summed E-state index contributed by atoms with van der Waals surface area (Å²) in [5, 5.41) is 0. The van der Waals surface area contributed by atoms with Gasteiger partial charge in [-0.2, -0.15) is 0 Å². The Morgan fingerprint density at radius 1 is 0.393 bits per heavy atom. The summed E-state index contributed by atoms with van der Waals surface area (Å²) in [6.07, 6.45) is 36.3. The number of hydrogen-bond donors (Lipinski definition) is 0. The molecule has 0 unspecified atom stereocenters. The first-order valence-corrected chi connectivity index (χ1v) is 13.5. The second kappa shape index (κ2) is 24.8. The van der Waals surface area contributed by atoms with Crippen LogP contribution in [0.25, 0.3) is 0 Å². The van der Waals surface area contributed by atoms with Crippen LogP contribution in [0.5, 0.6) is 0 Å². The highest BCUT2D eigenvalue weighted by molar-refractivity contribution is 4.81. The molecule has 0 aliphatic heterocycles. The lowest BCUT2D eigenvalue weighted by Gasteiger charge is -2.14. The van der Waals surface area contributed by atoms with Gasteiger partial charge in [0.2, 0.25) is 0 Å². The lowest BCUT2D eigenvalue weighted by Crippen LogP contribution is -1.99. The predicted molar refractivity (Wildman–Crippen MR) is 131 cm³/mol. The molecule has 168 valence electrons. The summed E-state index contributed by atoms with van der Waals surface area (Å²) in [6, 6.07) is 0. The molecule has 0 fully saturated rings. The minimum Gasteiger partial charge on any atom is -0.0885 e. The van der Waals surface area contributed by atoms with Crippen LogP contribution >= 0.6 is 0 Å². The van der Waals surface area contributed by atoms with Crippen molar-refractivity contribution < 1.29 is 0 Å². The van der Waals surface area contributed by atoms with E-state index in [1.54, 1.807) is 0 Å². The van der Waals surface area contributed by atoms with E-state index in [-0.39, 0.29) is 0 Å². The van der Waals surface area contributed by atoms with E-state index in [0.29, 0.717) is 0 Å². The van der Waals surface area contributed by atoms with Gasteiger partial charge in [0.25, 0.3) is 0 Å². The van der Waals surface area contributed by atoms with Gasteiger partial charge in [-0.15, -0.1) is 0 Å². The van der Waals surface area contributed by atoms with E-state index in [9.17, 15) is 0 Å². The van der Waals surface area contributed by atoms with Crippen molar-refractivity contribution in [3.8, 4) is 0 Å². The number of hydrogen-bond acceptors (Lipinski definition) is 0. The molecule has 0 N–H and O–H groups in total. The first-order valence-electron chi connectivity index (χ1n) is 13.5. The van der Waals surface area contributed by atoms with Crippen LogP contribution in [0.15, 0.2) is 12.2 Å². The Labute approximate surface area is 180 Å².